The number of benzene rings is 1. The van der Waals surface area contributed by atoms with E-state index in [1.54, 1.807) is 13.3 Å². The maximum Gasteiger partial charge on any atom is 0.191 e. The summed E-state index contributed by atoms with van der Waals surface area (Å²) in [7, 11) is 3.89. The van der Waals surface area contributed by atoms with E-state index in [4.69, 9.17) is 13.9 Å². The van der Waals surface area contributed by atoms with E-state index in [1.165, 1.54) is 11.1 Å². The van der Waals surface area contributed by atoms with Gasteiger partial charge in [0.1, 0.15) is 5.76 Å². The van der Waals surface area contributed by atoms with Crippen molar-refractivity contribution in [1.29, 1.82) is 0 Å². The summed E-state index contributed by atoms with van der Waals surface area (Å²) in [5.74, 6) is 1.74. The van der Waals surface area contributed by atoms with Crippen molar-refractivity contribution < 1.29 is 13.9 Å². The van der Waals surface area contributed by atoms with Crippen molar-refractivity contribution in [1.82, 2.24) is 15.5 Å². The van der Waals surface area contributed by atoms with Gasteiger partial charge in [-0.3, -0.25) is 9.89 Å². The lowest BCUT2D eigenvalue weighted by atomic mass is 10.1. The van der Waals surface area contributed by atoms with E-state index in [-0.39, 0.29) is 12.1 Å². The minimum Gasteiger partial charge on any atom is -0.468 e. The maximum atomic E-state index is 5.90. The molecule has 0 bridgehead atoms. The summed E-state index contributed by atoms with van der Waals surface area (Å²) in [5, 5.41) is 6.83. The molecule has 1 aliphatic heterocycles. The Labute approximate surface area is 179 Å². The summed E-state index contributed by atoms with van der Waals surface area (Å²) in [6.07, 6.45) is 2.91. The van der Waals surface area contributed by atoms with E-state index < -0.39 is 0 Å². The van der Waals surface area contributed by atoms with Gasteiger partial charge in [-0.1, -0.05) is 24.3 Å². The smallest absolute Gasteiger partial charge is 0.191 e. The largest absolute Gasteiger partial charge is 0.468 e. The second-order valence-corrected chi connectivity index (χ2v) is 7.81. The van der Waals surface area contributed by atoms with Gasteiger partial charge in [0.05, 0.1) is 32.1 Å². The van der Waals surface area contributed by atoms with E-state index in [9.17, 15) is 0 Å². The molecule has 2 heterocycles. The molecule has 164 valence electrons. The average molecular weight is 415 g/mol. The Balaban J connectivity index is 1.47. The summed E-state index contributed by atoms with van der Waals surface area (Å²) in [6.45, 7) is 6.55. The molecule has 0 amide bonds. The van der Waals surface area contributed by atoms with Crippen LogP contribution in [0.3, 0.4) is 0 Å². The van der Waals surface area contributed by atoms with Crippen LogP contribution in [0.2, 0.25) is 0 Å². The molecule has 1 fully saturated rings. The van der Waals surface area contributed by atoms with Gasteiger partial charge < -0.3 is 24.5 Å². The Morgan fingerprint density at radius 1 is 1.23 bits per heavy atom. The molecular weight excluding hydrogens is 380 g/mol. The quantitative estimate of drug-likeness (QED) is 0.460. The fourth-order valence-corrected chi connectivity index (χ4v) is 3.47. The molecule has 30 heavy (non-hydrogen) atoms. The van der Waals surface area contributed by atoms with Gasteiger partial charge in [0.2, 0.25) is 0 Å². The Morgan fingerprint density at radius 2 is 2.07 bits per heavy atom. The van der Waals surface area contributed by atoms with Crippen LogP contribution in [0.4, 0.5) is 0 Å². The van der Waals surface area contributed by atoms with Crippen molar-refractivity contribution in [2.45, 2.75) is 45.1 Å². The first-order valence-electron chi connectivity index (χ1n) is 10.6. The number of nitrogens with one attached hydrogen (secondary N) is 2. The van der Waals surface area contributed by atoms with Crippen molar-refractivity contribution in [2.75, 3.05) is 33.9 Å². The topological polar surface area (TPSA) is 71.3 Å². The molecule has 0 spiro atoms. The first kappa shape index (κ1) is 22.3. The van der Waals surface area contributed by atoms with Crippen molar-refractivity contribution >= 4 is 5.96 Å². The molecule has 2 unspecified atom stereocenters. The van der Waals surface area contributed by atoms with Gasteiger partial charge in [-0.15, -0.1) is 0 Å². The fourth-order valence-electron chi connectivity index (χ4n) is 3.47. The number of guanidine groups is 1. The van der Waals surface area contributed by atoms with E-state index in [0.29, 0.717) is 19.8 Å². The Kier molecular flexibility index (Phi) is 8.74. The highest BCUT2D eigenvalue weighted by Gasteiger charge is 2.17. The molecule has 0 saturated carbocycles. The first-order chi connectivity index (χ1) is 14.6. The summed E-state index contributed by atoms with van der Waals surface area (Å²) in [5.41, 5.74) is 2.53. The zero-order valence-electron chi connectivity index (χ0n) is 18.3. The normalized spacial score (nSPS) is 18.0. The zero-order valence-corrected chi connectivity index (χ0v) is 18.3. The van der Waals surface area contributed by atoms with Crippen LogP contribution in [0.1, 0.15) is 30.2 Å². The van der Waals surface area contributed by atoms with Crippen molar-refractivity contribution in [2.24, 2.45) is 4.99 Å². The summed E-state index contributed by atoms with van der Waals surface area (Å²) >= 11 is 0. The van der Waals surface area contributed by atoms with Gasteiger partial charge in [0, 0.05) is 32.8 Å². The number of aliphatic imine (C=N–C) groups is 1. The van der Waals surface area contributed by atoms with E-state index in [2.05, 4.69) is 58.8 Å². The highest BCUT2D eigenvalue weighted by molar-refractivity contribution is 5.79. The molecule has 1 aliphatic rings. The monoisotopic (exact) mass is 414 g/mol. The van der Waals surface area contributed by atoms with Crippen LogP contribution in [0, 0.1) is 0 Å². The van der Waals surface area contributed by atoms with E-state index in [0.717, 1.165) is 37.8 Å². The molecule has 1 saturated heterocycles. The molecular formula is C23H34N4O3. The van der Waals surface area contributed by atoms with Crippen molar-refractivity contribution in [3.8, 4) is 0 Å². The standard InChI is InChI=1S/C23H34N4O3/c1-18(16-30-22-10-12-28-17-22)26-23(24-2)25-13-19-7-4-5-8-20(19)14-27(3)15-21-9-6-11-29-21/h4-9,11,18,22H,10,12-17H2,1-3H3,(H2,24,25,26). The Morgan fingerprint density at radius 3 is 2.77 bits per heavy atom. The summed E-state index contributed by atoms with van der Waals surface area (Å²) in [4.78, 5) is 6.60. The van der Waals surface area contributed by atoms with Crippen LogP contribution >= 0.6 is 0 Å². The average Bonchev–Trinajstić information content (AvgIpc) is 3.44. The Hall–Kier alpha value is -2.35. The summed E-state index contributed by atoms with van der Waals surface area (Å²) < 4.78 is 16.7. The van der Waals surface area contributed by atoms with Crippen LogP contribution in [-0.2, 0) is 29.1 Å². The number of rotatable bonds is 10. The second-order valence-electron chi connectivity index (χ2n) is 7.81. The minimum absolute atomic E-state index is 0.159. The molecule has 0 radical (unpaired) electrons. The Bertz CT molecular complexity index is 773. The van der Waals surface area contributed by atoms with Crippen LogP contribution < -0.4 is 10.6 Å². The third-order valence-corrected chi connectivity index (χ3v) is 5.09. The molecule has 2 atom stereocenters. The van der Waals surface area contributed by atoms with Crippen LogP contribution in [0.15, 0.2) is 52.1 Å². The molecule has 2 N–H and O–H groups in total. The predicted molar refractivity (Wildman–Crippen MR) is 118 cm³/mol. The SMILES string of the molecule is CN=C(NCc1ccccc1CN(C)Cc1ccco1)NC(C)COC1CCOC1. The van der Waals surface area contributed by atoms with Crippen molar-refractivity contribution in [3.05, 3.63) is 59.5 Å². The predicted octanol–water partition coefficient (Wildman–Crippen LogP) is 2.77. The lowest BCUT2D eigenvalue weighted by Crippen LogP contribution is -2.44. The molecule has 1 aromatic heterocycles. The van der Waals surface area contributed by atoms with Gasteiger partial charge in [-0.25, -0.2) is 0 Å². The van der Waals surface area contributed by atoms with Crippen molar-refractivity contribution in [3.63, 3.8) is 0 Å². The number of furan rings is 1. The lowest BCUT2D eigenvalue weighted by molar-refractivity contribution is 0.0347. The highest BCUT2D eigenvalue weighted by atomic mass is 16.5. The zero-order chi connectivity index (χ0) is 21.2. The van der Waals surface area contributed by atoms with E-state index >= 15 is 0 Å². The van der Waals surface area contributed by atoms with Crippen LogP contribution in [0.25, 0.3) is 0 Å². The molecule has 1 aromatic carbocycles. The van der Waals surface area contributed by atoms with E-state index in [1.807, 2.05) is 12.1 Å². The molecule has 7 nitrogen and oxygen atoms in total. The molecule has 7 heteroatoms. The summed E-state index contributed by atoms with van der Waals surface area (Å²) in [6, 6.07) is 12.6. The number of nitrogens with zero attached hydrogens (tertiary/aromatic N) is 2. The maximum absolute atomic E-state index is 5.90. The first-order valence-corrected chi connectivity index (χ1v) is 10.6. The van der Waals surface area contributed by atoms with Crippen LogP contribution in [-0.4, -0.2) is 56.9 Å². The third kappa shape index (κ3) is 7.16. The fraction of sp³-hybridized carbons (Fsp3) is 0.522. The number of ether oxygens (including phenoxy) is 2. The molecule has 0 aliphatic carbocycles. The number of hydrogen-bond acceptors (Lipinski definition) is 5. The van der Waals surface area contributed by atoms with Crippen LogP contribution in [0.5, 0.6) is 0 Å². The van der Waals surface area contributed by atoms with Gasteiger partial charge in [0.25, 0.3) is 0 Å². The minimum atomic E-state index is 0.159. The number of hydrogen-bond donors (Lipinski definition) is 2. The molecule has 3 rings (SSSR count). The lowest BCUT2D eigenvalue weighted by Gasteiger charge is -2.21. The third-order valence-electron chi connectivity index (χ3n) is 5.09. The highest BCUT2D eigenvalue weighted by Crippen LogP contribution is 2.13. The van der Waals surface area contributed by atoms with Gasteiger partial charge >= 0.3 is 0 Å². The van der Waals surface area contributed by atoms with Gasteiger partial charge in [0.15, 0.2) is 5.96 Å². The van der Waals surface area contributed by atoms with Gasteiger partial charge in [-0.2, -0.15) is 0 Å². The molecule has 2 aromatic rings. The van der Waals surface area contributed by atoms with Gasteiger partial charge in [-0.05, 0) is 43.7 Å². The second kappa shape index (κ2) is 11.7.